The lowest BCUT2D eigenvalue weighted by molar-refractivity contribution is -0.117. The molecule has 1 aromatic heterocycles. The summed E-state index contributed by atoms with van der Waals surface area (Å²) in [6.45, 7) is 3.74. The average Bonchev–Trinajstić information content (AvgIpc) is 2.57. The van der Waals surface area contributed by atoms with Crippen LogP contribution in [-0.4, -0.2) is 34.4 Å². The van der Waals surface area contributed by atoms with Crippen molar-refractivity contribution in [2.24, 2.45) is 0 Å². The van der Waals surface area contributed by atoms with Crippen molar-refractivity contribution in [3.8, 4) is 0 Å². The van der Waals surface area contributed by atoms with Gasteiger partial charge in [-0.3, -0.25) is 14.4 Å². The van der Waals surface area contributed by atoms with Crippen molar-refractivity contribution in [3.05, 3.63) is 45.9 Å². The fourth-order valence-electron chi connectivity index (χ4n) is 2.51. The number of nitrogens with one attached hydrogen (secondary N) is 1. The molecule has 0 unspecified atom stereocenters. The highest BCUT2D eigenvalue weighted by Gasteiger charge is 2.26. The normalized spacial score (nSPS) is 13.6. The molecule has 0 saturated heterocycles. The first-order chi connectivity index (χ1) is 11.9. The second-order valence-electron chi connectivity index (χ2n) is 5.91. The van der Waals surface area contributed by atoms with E-state index in [0.717, 1.165) is 15.8 Å². The molecule has 8 heteroatoms. The highest BCUT2D eigenvalue weighted by atomic mass is 32.2. The Bertz CT molecular complexity index is 923. The standard InChI is InChI=1S/C17H18N4O3S/c1-10-4-5-12(6-11(10)2)19-14(22)8-21-17(24)16-13(7-18-21)25-9-15(23)20(16)3/h4-7H,8-9H2,1-3H3,(H,19,22). The molecule has 0 spiro atoms. The lowest BCUT2D eigenvalue weighted by Gasteiger charge is -2.24. The van der Waals surface area contributed by atoms with Crippen LogP contribution in [0.25, 0.3) is 0 Å². The highest BCUT2D eigenvalue weighted by Crippen LogP contribution is 2.30. The number of benzene rings is 1. The van der Waals surface area contributed by atoms with E-state index in [1.54, 1.807) is 7.05 Å². The maximum absolute atomic E-state index is 12.6. The van der Waals surface area contributed by atoms with Crippen molar-refractivity contribution in [2.75, 3.05) is 23.0 Å². The summed E-state index contributed by atoms with van der Waals surface area (Å²) < 4.78 is 1.07. The third-order valence-electron chi connectivity index (χ3n) is 4.13. The van der Waals surface area contributed by atoms with Crippen molar-refractivity contribution in [1.29, 1.82) is 0 Å². The summed E-state index contributed by atoms with van der Waals surface area (Å²) in [6, 6.07) is 5.61. The predicted molar refractivity (Wildman–Crippen MR) is 97.2 cm³/mol. The van der Waals surface area contributed by atoms with Crippen LogP contribution in [0, 0.1) is 13.8 Å². The number of aryl methyl sites for hydroxylation is 2. The molecule has 2 aromatic rings. The van der Waals surface area contributed by atoms with E-state index in [9.17, 15) is 14.4 Å². The van der Waals surface area contributed by atoms with E-state index in [1.807, 2.05) is 32.0 Å². The van der Waals surface area contributed by atoms with Gasteiger partial charge in [-0.05, 0) is 37.1 Å². The topological polar surface area (TPSA) is 84.3 Å². The highest BCUT2D eigenvalue weighted by molar-refractivity contribution is 8.00. The van der Waals surface area contributed by atoms with Gasteiger partial charge >= 0.3 is 0 Å². The van der Waals surface area contributed by atoms with E-state index >= 15 is 0 Å². The van der Waals surface area contributed by atoms with Gasteiger partial charge < -0.3 is 10.2 Å². The minimum Gasteiger partial charge on any atom is -0.324 e. The van der Waals surface area contributed by atoms with Crippen LogP contribution < -0.4 is 15.8 Å². The predicted octanol–water partition coefficient (Wildman–Crippen LogP) is 1.57. The zero-order valence-corrected chi connectivity index (χ0v) is 15.0. The zero-order valence-electron chi connectivity index (χ0n) is 14.2. The Hall–Kier alpha value is -2.61. The van der Waals surface area contributed by atoms with Gasteiger partial charge in [-0.1, -0.05) is 6.07 Å². The largest absolute Gasteiger partial charge is 0.324 e. The quantitative estimate of drug-likeness (QED) is 0.900. The van der Waals surface area contributed by atoms with Gasteiger partial charge in [-0.2, -0.15) is 5.10 Å². The second-order valence-corrected chi connectivity index (χ2v) is 6.93. The van der Waals surface area contributed by atoms with Crippen LogP contribution in [0.3, 0.4) is 0 Å². The van der Waals surface area contributed by atoms with E-state index in [2.05, 4.69) is 10.4 Å². The first-order valence-electron chi connectivity index (χ1n) is 7.73. The van der Waals surface area contributed by atoms with Crippen LogP contribution in [0.2, 0.25) is 0 Å². The van der Waals surface area contributed by atoms with Gasteiger partial charge in [0, 0.05) is 12.7 Å². The molecule has 0 atom stereocenters. The molecule has 1 N–H and O–H groups in total. The third kappa shape index (κ3) is 3.43. The fourth-order valence-corrected chi connectivity index (χ4v) is 3.46. The van der Waals surface area contributed by atoms with Gasteiger partial charge in [-0.25, -0.2) is 4.68 Å². The summed E-state index contributed by atoms with van der Waals surface area (Å²) in [5.74, 6) is -0.218. The SMILES string of the molecule is Cc1ccc(NC(=O)Cn2ncc3c(c2=O)N(C)C(=O)CS3)cc1C. The van der Waals surface area contributed by atoms with E-state index in [1.165, 1.54) is 22.9 Å². The fraction of sp³-hybridized carbons (Fsp3) is 0.294. The number of thioether (sulfide) groups is 1. The second kappa shape index (κ2) is 6.72. The first-order valence-corrected chi connectivity index (χ1v) is 8.72. The van der Waals surface area contributed by atoms with E-state index in [4.69, 9.17) is 0 Å². The lowest BCUT2D eigenvalue weighted by atomic mass is 10.1. The Labute approximate surface area is 149 Å². The molecule has 1 aliphatic rings. The number of carbonyl (C=O) groups excluding carboxylic acids is 2. The molecule has 1 aromatic carbocycles. The molecule has 0 aliphatic carbocycles. The Kier molecular flexibility index (Phi) is 4.63. The van der Waals surface area contributed by atoms with Crippen molar-refractivity contribution in [3.63, 3.8) is 0 Å². The maximum Gasteiger partial charge on any atom is 0.292 e. The number of hydrogen-bond acceptors (Lipinski definition) is 5. The molecule has 0 radical (unpaired) electrons. The van der Waals surface area contributed by atoms with Crippen LogP contribution in [0.15, 0.2) is 34.1 Å². The van der Waals surface area contributed by atoms with Crippen molar-refractivity contribution < 1.29 is 9.59 Å². The Morgan fingerprint density at radius 3 is 2.76 bits per heavy atom. The van der Waals surface area contributed by atoms with E-state index in [-0.39, 0.29) is 29.8 Å². The molecule has 0 saturated carbocycles. The molecule has 0 fully saturated rings. The summed E-state index contributed by atoms with van der Waals surface area (Å²) in [6.07, 6.45) is 1.52. The molecule has 1 aliphatic heterocycles. The van der Waals surface area contributed by atoms with Gasteiger partial charge in [0.1, 0.15) is 12.2 Å². The molecular weight excluding hydrogens is 340 g/mol. The molecule has 0 bridgehead atoms. The summed E-state index contributed by atoms with van der Waals surface area (Å²) >= 11 is 1.28. The number of nitrogens with zero attached hydrogens (tertiary/aromatic N) is 3. The molecule has 25 heavy (non-hydrogen) atoms. The summed E-state index contributed by atoms with van der Waals surface area (Å²) in [7, 11) is 1.56. The van der Waals surface area contributed by atoms with Crippen LogP contribution in [0.4, 0.5) is 11.4 Å². The van der Waals surface area contributed by atoms with Crippen molar-refractivity contribution in [2.45, 2.75) is 25.3 Å². The molecular formula is C17H18N4O3S. The molecule has 2 heterocycles. The molecule has 7 nitrogen and oxygen atoms in total. The van der Waals surface area contributed by atoms with Crippen LogP contribution >= 0.6 is 11.8 Å². The summed E-state index contributed by atoms with van der Waals surface area (Å²) in [5.41, 5.74) is 2.70. The minimum absolute atomic E-state index is 0.146. The Balaban J connectivity index is 1.81. The number of amides is 2. The smallest absolute Gasteiger partial charge is 0.292 e. The number of hydrogen-bond donors (Lipinski definition) is 1. The number of rotatable bonds is 3. The number of carbonyl (C=O) groups is 2. The van der Waals surface area contributed by atoms with Gasteiger partial charge in [0.2, 0.25) is 11.8 Å². The molecule has 130 valence electrons. The summed E-state index contributed by atoms with van der Waals surface area (Å²) in [4.78, 5) is 38.6. The van der Waals surface area contributed by atoms with E-state index in [0.29, 0.717) is 10.6 Å². The lowest BCUT2D eigenvalue weighted by Crippen LogP contribution is -2.40. The van der Waals surface area contributed by atoms with Crippen molar-refractivity contribution >= 4 is 35.0 Å². The third-order valence-corrected chi connectivity index (χ3v) is 5.13. The maximum atomic E-state index is 12.6. The Morgan fingerprint density at radius 1 is 1.28 bits per heavy atom. The average molecular weight is 358 g/mol. The van der Waals surface area contributed by atoms with Crippen LogP contribution in [0.1, 0.15) is 11.1 Å². The minimum atomic E-state index is -0.448. The van der Waals surface area contributed by atoms with Gasteiger partial charge in [0.05, 0.1) is 16.8 Å². The Morgan fingerprint density at radius 2 is 2.04 bits per heavy atom. The van der Waals surface area contributed by atoms with Crippen LogP contribution in [-0.2, 0) is 16.1 Å². The number of anilines is 2. The van der Waals surface area contributed by atoms with Gasteiger partial charge in [0.15, 0.2) is 0 Å². The molecule has 3 rings (SSSR count). The van der Waals surface area contributed by atoms with Crippen molar-refractivity contribution in [1.82, 2.24) is 9.78 Å². The summed E-state index contributed by atoms with van der Waals surface area (Å²) in [5, 5.41) is 6.81. The van der Waals surface area contributed by atoms with Gasteiger partial charge in [0.25, 0.3) is 5.56 Å². The first kappa shape index (κ1) is 17.2. The van der Waals surface area contributed by atoms with Crippen LogP contribution in [0.5, 0.6) is 0 Å². The zero-order chi connectivity index (χ0) is 18.1. The van der Waals surface area contributed by atoms with E-state index < -0.39 is 5.56 Å². The molecule has 2 amide bonds. The monoisotopic (exact) mass is 358 g/mol. The van der Waals surface area contributed by atoms with Gasteiger partial charge in [-0.15, -0.1) is 11.8 Å². The number of fused-ring (bicyclic) bond motifs is 1. The number of aromatic nitrogens is 2.